The normalized spacial score (nSPS) is 10.9. The van der Waals surface area contributed by atoms with E-state index in [-0.39, 0.29) is 5.76 Å². The number of rotatable bonds is 4. The summed E-state index contributed by atoms with van der Waals surface area (Å²) in [5.41, 5.74) is 0.994. The van der Waals surface area contributed by atoms with Gasteiger partial charge in [0, 0.05) is 0 Å². The van der Waals surface area contributed by atoms with Crippen LogP contribution >= 0.6 is 23.1 Å². The van der Waals surface area contributed by atoms with E-state index in [2.05, 4.69) is 4.98 Å². The van der Waals surface area contributed by atoms with Crippen molar-refractivity contribution >= 4 is 39.3 Å². The van der Waals surface area contributed by atoms with Crippen LogP contribution in [-0.2, 0) is 5.75 Å². The van der Waals surface area contributed by atoms with Gasteiger partial charge in [-0.1, -0.05) is 23.9 Å². The molecule has 0 atom stereocenters. The summed E-state index contributed by atoms with van der Waals surface area (Å²) < 4.78 is 6.34. The highest BCUT2D eigenvalue weighted by atomic mass is 32.2. The Labute approximate surface area is 117 Å². The zero-order valence-corrected chi connectivity index (χ0v) is 11.3. The fourth-order valence-electron chi connectivity index (χ4n) is 1.63. The zero-order chi connectivity index (χ0) is 13.2. The second-order valence-electron chi connectivity index (χ2n) is 3.79. The quantitative estimate of drug-likeness (QED) is 0.739. The molecule has 1 N–H and O–H groups in total. The van der Waals surface area contributed by atoms with Gasteiger partial charge in [0.15, 0.2) is 5.09 Å². The molecule has 6 heteroatoms. The summed E-state index contributed by atoms with van der Waals surface area (Å²) in [6, 6.07) is 11.1. The van der Waals surface area contributed by atoms with Crippen LogP contribution in [0.15, 0.2) is 45.9 Å². The largest absolute Gasteiger partial charge is 0.475 e. The Kier molecular flexibility index (Phi) is 3.27. The van der Waals surface area contributed by atoms with Crippen LogP contribution in [-0.4, -0.2) is 16.1 Å². The Bertz CT molecular complexity index is 699. The van der Waals surface area contributed by atoms with Crippen molar-refractivity contribution in [2.24, 2.45) is 0 Å². The lowest BCUT2D eigenvalue weighted by Crippen LogP contribution is -1.91. The minimum absolute atomic E-state index is 0.0354. The maximum absolute atomic E-state index is 10.7. The average Bonchev–Trinajstić information content (AvgIpc) is 3.02. The van der Waals surface area contributed by atoms with Crippen molar-refractivity contribution in [2.45, 2.75) is 10.8 Å². The van der Waals surface area contributed by atoms with Gasteiger partial charge in [0.1, 0.15) is 5.01 Å². The van der Waals surface area contributed by atoms with Gasteiger partial charge in [0.25, 0.3) is 0 Å². The standard InChI is InChI=1S/C13H9NO3S2/c15-13(16)9-5-6-12(17-9)18-7-11-14-8-3-1-2-4-10(8)19-11/h1-6H,7H2,(H,15,16). The monoisotopic (exact) mass is 291 g/mol. The molecule has 0 radical (unpaired) electrons. The van der Waals surface area contributed by atoms with Crippen molar-refractivity contribution in [1.29, 1.82) is 0 Å². The number of thiazole rings is 1. The van der Waals surface area contributed by atoms with Crippen LogP contribution in [0.5, 0.6) is 0 Å². The number of carboxylic acids is 1. The molecule has 0 aliphatic carbocycles. The Hall–Kier alpha value is -1.79. The maximum Gasteiger partial charge on any atom is 0.371 e. The van der Waals surface area contributed by atoms with Gasteiger partial charge < -0.3 is 9.52 Å². The van der Waals surface area contributed by atoms with Crippen LogP contribution in [0.3, 0.4) is 0 Å². The maximum atomic E-state index is 10.7. The number of fused-ring (bicyclic) bond motifs is 1. The highest BCUT2D eigenvalue weighted by Crippen LogP contribution is 2.29. The number of furan rings is 1. The molecule has 0 unspecified atom stereocenters. The minimum atomic E-state index is -1.05. The van der Waals surface area contributed by atoms with Gasteiger partial charge in [-0.2, -0.15) is 0 Å². The van der Waals surface area contributed by atoms with Crippen LogP contribution in [0.25, 0.3) is 10.2 Å². The van der Waals surface area contributed by atoms with Crippen LogP contribution in [0, 0.1) is 0 Å². The molecule has 1 aromatic carbocycles. The first-order valence-electron chi connectivity index (χ1n) is 5.53. The van der Waals surface area contributed by atoms with Crippen molar-refractivity contribution in [3.05, 3.63) is 47.2 Å². The smallest absolute Gasteiger partial charge is 0.371 e. The zero-order valence-electron chi connectivity index (χ0n) is 9.70. The van der Waals surface area contributed by atoms with E-state index in [1.165, 1.54) is 17.8 Å². The third-order valence-electron chi connectivity index (χ3n) is 2.47. The predicted molar refractivity (Wildman–Crippen MR) is 74.8 cm³/mol. The highest BCUT2D eigenvalue weighted by Gasteiger charge is 2.10. The molecule has 0 amide bonds. The molecule has 2 heterocycles. The van der Waals surface area contributed by atoms with E-state index in [1.807, 2.05) is 24.3 Å². The van der Waals surface area contributed by atoms with Crippen LogP contribution in [0.2, 0.25) is 0 Å². The third kappa shape index (κ3) is 2.64. The fraction of sp³-hybridized carbons (Fsp3) is 0.0769. The third-order valence-corrected chi connectivity index (χ3v) is 4.61. The van der Waals surface area contributed by atoms with Crippen molar-refractivity contribution in [1.82, 2.24) is 4.98 Å². The number of hydrogen-bond donors (Lipinski definition) is 1. The number of benzene rings is 1. The van der Waals surface area contributed by atoms with Gasteiger partial charge in [0.05, 0.1) is 16.0 Å². The van der Waals surface area contributed by atoms with E-state index in [9.17, 15) is 4.79 Å². The van der Waals surface area contributed by atoms with Crippen molar-refractivity contribution in [3.63, 3.8) is 0 Å². The van der Waals surface area contributed by atoms with Gasteiger partial charge >= 0.3 is 5.97 Å². The summed E-state index contributed by atoms with van der Waals surface area (Å²) in [6.07, 6.45) is 0. The van der Waals surface area contributed by atoms with Gasteiger partial charge in [-0.05, 0) is 24.3 Å². The van der Waals surface area contributed by atoms with Crippen molar-refractivity contribution < 1.29 is 14.3 Å². The SMILES string of the molecule is O=C(O)c1ccc(SCc2nc3ccccc3s2)o1. The molecule has 0 bridgehead atoms. The number of hydrogen-bond acceptors (Lipinski definition) is 5. The van der Waals surface area contributed by atoms with Gasteiger partial charge in [0.2, 0.25) is 5.76 Å². The number of nitrogens with zero attached hydrogens (tertiary/aromatic N) is 1. The molecule has 19 heavy (non-hydrogen) atoms. The summed E-state index contributed by atoms with van der Waals surface area (Å²) in [6.45, 7) is 0. The minimum Gasteiger partial charge on any atom is -0.475 e. The molecule has 0 saturated heterocycles. The summed E-state index contributed by atoms with van der Waals surface area (Å²) >= 11 is 3.08. The Morgan fingerprint density at radius 3 is 2.89 bits per heavy atom. The molecule has 4 nitrogen and oxygen atoms in total. The summed E-state index contributed by atoms with van der Waals surface area (Å²) in [5, 5.41) is 10.4. The number of aromatic nitrogens is 1. The number of thioether (sulfide) groups is 1. The van der Waals surface area contributed by atoms with Crippen molar-refractivity contribution in [2.75, 3.05) is 0 Å². The Morgan fingerprint density at radius 1 is 1.32 bits per heavy atom. The summed E-state index contributed by atoms with van der Waals surface area (Å²) in [5.74, 6) is -0.412. The van der Waals surface area contributed by atoms with E-state index < -0.39 is 5.97 Å². The van der Waals surface area contributed by atoms with E-state index in [1.54, 1.807) is 17.4 Å². The topological polar surface area (TPSA) is 63.3 Å². The second kappa shape index (κ2) is 5.07. The van der Waals surface area contributed by atoms with E-state index in [0.29, 0.717) is 10.8 Å². The van der Waals surface area contributed by atoms with E-state index in [4.69, 9.17) is 9.52 Å². The lowest BCUT2D eigenvalue weighted by atomic mass is 10.3. The van der Waals surface area contributed by atoms with E-state index in [0.717, 1.165) is 15.2 Å². The lowest BCUT2D eigenvalue weighted by molar-refractivity contribution is 0.0656. The molecule has 2 aromatic heterocycles. The van der Waals surface area contributed by atoms with Crippen LogP contribution in [0.4, 0.5) is 0 Å². The highest BCUT2D eigenvalue weighted by molar-refractivity contribution is 7.98. The predicted octanol–water partition coefficient (Wildman–Crippen LogP) is 3.88. The number of aromatic carboxylic acids is 1. The van der Waals surface area contributed by atoms with Gasteiger partial charge in [-0.3, -0.25) is 0 Å². The number of para-hydroxylation sites is 1. The lowest BCUT2D eigenvalue weighted by Gasteiger charge is -1.93. The number of carbonyl (C=O) groups is 1. The van der Waals surface area contributed by atoms with Gasteiger partial charge in [-0.15, -0.1) is 11.3 Å². The molecule has 0 aliphatic rings. The van der Waals surface area contributed by atoms with Crippen LogP contribution in [0.1, 0.15) is 15.6 Å². The van der Waals surface area contributed by atoms with E-state index >= 15 is 0 Å². The molecule has 0 aliphatic heterocycles. The summed E-state index contributed by atoms with van der Waals surface area (Å²) in [7, 11) is 0. The second-order valence-corrected chi connectivity index (χ2v) is 5.88. The first kappa shape index (κ1) is 12.3. The Morgan fingerprint density at radius 2 is 2.16 bits per heavy atom. The molecular weight excluding hydrogens is 282 g/mol. The van der Waals surface area contributed by atoms with Crippen LogP contribution < -0.4 is 0 Å². The fourth-order valence-corrected chi connectivity index (χ4v) is 3.45. The molecular formula is C13H9NO3S2. The first-order chi connectivity index (χ1) is 9.22. The van der Waals surface area contributed by atoms with Gasteiger partial charge in [-0.25, -0.2) is 9.78 Å². The Balaban J connectivity index is 1.72. The molecule has 0 fully saturated rings. The average molecular weight is 291 g/mol. The molecule has 3 aromatic rings. The molecule has 96 valence electrons. The molecule has 0 spiro atoms. The first-order valence-corrected chi connectivity index (χ1v) is 7.33. The molecule has 0 saturated carbocycles. The molecule has 3 rings (SSSR count). The van der Waals surface area contributed by atoms with Crippen molar-refractivity contribution in [3.8, 4) is 0 Å². The summed E-state index contributed by atoms with van der Waals surface area (Å²) in [4.78, 5) is 15.2. The number of carboxylic acid groups (broad SMARTS) is 1.